The lowest BCUT2D eigenvalue weighted by atomic mass is 9.93. The molecule has 1 aliphatic carbocycles. The molecular formula is C31H33N8O+. The Kier molecular flexibility index (Phi) is 6.27. The fraction of sp³-hybridized carbons (Fsp3) is 0.290. The van der Waals surface area contributed by atoms with Crippen LogP contribution in [0.25, 0.3) is 0 Å². The first-order chi connectivity index (χ1) is 19.6. The van der Waals surface area contributed by atoms with Gasteiger partial charge in [0.25, 0.3) is 11.7 Å². The normalized spacial score (nSPS) is 24.2. The van der Waals surface area contributed by atoms with Gasteiger partial charge in [0.1, 0.15) is 17.7 Å². The van der Waals surface area contributed by atoms with E-state index >= 15 is 0 Å². The maximum atomic E-state index is 13.0. The molecule has 9 heteroatoms. The zero-order chi connectivity index (χ0) is 27.1. The first-order valence-electron chi connectivity index (χ1n) is 14.0. The number of H-pyrrole nitrogens is 1. The largest absolute Gasteiger partial charge is 0.364 e. The van der Waals surface area contributed by atoms with Gasteiger partial charge in [0.05, 0.1) is 18.0 Å². The number of fused-ring (bicyclic) bond motifs is 1. The molecule has 202 valence electrons. The minimum absolute atomic E-state index is 0.0185. The smallest absolute Gasteiger partial charge is 0.264 e. The number of hydrogen-bond acceptors (Lipinski definition) is 6. The number of carbonyl (C=O) groups is 1. The van der Waals surface area contributed by atoms with Gasteiger partial charge in [-0.25, -0.2) is 4.98 Å². The van der Waals surface area contributed by atoms with Gasteiger partial charge in [0, 0.05) is 42.7 Å². The summed E-state index contributed by atoms with van der Waals surface area (Å²) in [5.41, 5.74) is 5.80. The summed E-state index contributed by atoms with van der Waals surface area (Å²) in [4.78, 5) is 32.7. The number of amidine groups is 1. The Labute approximate surface area is 233 Å². The zero-order valence-corrected chi connectivity index (χ0v) is 22.3. The third-order valence-electron chi connectivity index (χ3n) is 8.25. The average Bonchev–Trinajstić information content (AvgIpc) is 3.62. The molecule has 4 aliphatic rings. The molecule has 0 radical (unpaired) electrons. The number of pyridine rings is 1. The third-order valence-corrected chi connectivity index (χ3v) is 8.25. The van der Waals surface area contributed by atoms with E-state index in [4.69, 9.17) is 10.8 Å². The van der Waals surface area contributed by atoms with Crippen LogP contribution in [0.15, 0.2) is 94.7 Å². The Morgan fingerprint density at radius 3 is 2.80 bits per heavy atom. The molecule has 5 heterocycles. The van der Waals surface area contributed by atoms with Gasteiger partial charge in [-0.3, -0.25) is 14.7 Å². The number of aliphatic imine (C=N–C) groups is 2. The number of nitrogens with one attached hydrogen (secondary N) is 2. The van der Waals surface area contributed by atoms with Crippen LogP contribution >= 0.6 is 0 Å². The molecule has 1 amide bonds. The number of hydrogen-bond donors (Lipinski definition) is 3. The molecule has 1 saturated heterocycles. The van der Waals surface area contributed by atoms with E-state index in [-0.39, 0.29) is 16.4 Å². The lowest BCUT2D eigenvalue weighted by Crippen LogP contribution is -2.53. The average molecular weight is 534 g/mol. The van der Waals surface area contributed by atoms with E-state index < -0.39 is 0 Å². The van der Waals surface area contributed by atoms with Crippen molar-refractivity contribution in [2.24, 2.45) is 21.7 Å². The molecule has 1 aromatic carbocycles. The second-order valence-electron chi connectivity index (χ2n) is 11.1. The predicted molar refractivity (Wildman–Crippen MR) is 155 cm³/mol. The van der Waals surface area contributed by atoms with Gasteiger partial charge >= 0.3 is 0 Å². The number of amides is 1. The topological polar surface area (TPSA) is 112 Å². The summed E-state index contributed by atoms with van der Waals surface area (Å²) < 4.78 is -0.0185. The fourth-order valence-corrected chi connectivity index (χ4v) is 5.98. The van der Waals surface area contributed by atoms with Crippen molar-refractivity contribution < 1.29 is 9.39 Å². The molecule has 2 aromatic heterocycles. The van der Waals surface area contributed by atoms with E-state index in [9.17, 15) is 4.79 Å². The minimum atomic E-state index is -0.189. The molecule has 40 heavy (non-hydrogen) atoms. The number of allylic oxidation sites excluding steroid dienone is 1. The van der Waals surface area contributed by atoms with E-state index in [0.717, 1.165) is 55.3 Å². The van der Waals surface area contributed by atoms with Crippen LogP contribution in [0, 0.1) is 5.92 Å². The second kappa shape index (κ2) is 10.1. The van der Waals surface area contributed by atoms with Crippen molar-refractivity contribution in [3.63, 3.8) is 0 Å². The van der Waals surface area contributed by atoms with Crippen LogP contribution in [-0.4, -0.2) is 50.5 Å². The van der Waals surface area contributed by atoms with Crippen LogP contribution in [0.2, 0.25) is 0 Å². The van der Waals surface area contributed by atoms with Gasteiger partial charge in [-0.15, -0.1) is 4.59 Å². The van der Waals surface area contributed by atoms with Gasteiger partial charge in [-0.05, 0) is 92.2 Å². The van der Waals surface area contributed by atoms with Crippen molar-refractivity contribution in [3.05, 3.63) is 107 Å². The standard InChI is InChI=1S/C31H32N8O/c32-39-16-14-33-18-27(39)29(25-3-2-15-38(19-25)20-26-4-1-12-34-26)37-30(39)22-7-9-23(10-8-22)31(40)36-28-17-24(11-13-35-28)21-5-6-21/h1,4,7-14,16-18,21,25,34H,2-3,5-6,15,19-20,32H2/p+1. The number of benzene rings is 1. The number of rotatable bonds is 7. The molecule has 2 atom stereocenters. The quantitative estimate of drug-likeness (QED) is 0.303. The van der Waals surface area contributed by atoms with Crippen LogP contribution in [-0.2, 0) is 6.54 Å². The summed E-state index contributed by atoms with van der Waals surface area (Å²) in [6.45, 7) is 2.87. The number of quaternary nitrogens is 1. The first-order valence-corrected chi connectivity index (χ1v) is 14.0. The Bertz CT molecular complexity index is 1550. The molecule has 2 unspecified atom stereocenters. The number of aromatic amines is 1. The lowest BCUT2D eigenvalue weighted by molar-refractivity contribution is -0.750. The Hall–Kier alpha value is -4.18. The van der Waals surface area contributed by atoms with E-state index in [1.165, 1.54) is 24.1 Å². The van der Waals surface area contributed by atoms with Gasteiger partial charge < -0.3 is 10.3 Å². The molecule has 9 nitrogen and oxygen atoms in total. The number of carbonyl (C=O) groups excluding carboxylic acids is 1. The number of piperidine rings is 1. The van der Waals surface area contributed by atoms with Crippen molar-refractivity contribution in [3.8, 4) is 0 Å². The summed E-state index contributed by atoms with van der Waals surface area (Å²) in [6, 6.07) is 15.7. The predicted octanol–water partition coefficient (Wildman–Crippen LogP) is 4.67. The van der Waals surface area contributed by atoms with Gasteiger partial charge in [0.2, 0.25) is 5.70 Å². The Morgan fingerprint density at radius 1 is 1.12 bits per heavy atom. The molecule has 1 saturated carbocycles. The lowest BCUT2D eigenvalue weighted by Gasteiger charge is -2.32. The Morgan fingerprint density at radius 2 is 2.00 bits per heavy atom. The Balaban J connectivity index is 1.11. The molecule has 7 rings (SSSR count). The summed E-state index contributed by atoms with van der Waals surface area (Å²) in [6.07, 6.45) is 13.8. The summed E-state index contributed by atoms with van der Waals surface area (Å²) >= 11 is 0. The van der Waals surface area contributed by atoms with E-state index in [1.54, 1.807) is 12.4 Å². The fourth-order valence-electron chi connectivity index (χ4n) is 5.98. The van der Waals surface area contributed by atoms with Crippen LogP contribution < -0.4 is 11.2 Å². The molecule has 2 fully saturated rings. The molecule has 4 N–H and O–H groups in total. The monoisotopic (exact) mass is 533 g/mol. The number of nitrogens with zero attached hydrogens (tertiary/aromatic N) is 5. The van der Waals surface area contributed by atoms with E-state index in [1.807, 2.05) is 61.1 Å². The van der Waals surface area contributed by atoms with Crippen LogP contribution in [0.3, 0.4) is 0 Å². The van der Waals surface area contributed by atoms with Crippen molar-refractivity contribution >= 4 is 23.8 Å². The number of aromatic nitrogens is 2. The molecular weight excluding hydrogens is 500 g/mol. The molecule has 0 bridgehead atoms. The first kappa shape index (κ1) is 24.8. The van der Waals surface area contributed by atoms with Gasteiger partial charge in [-0.1, -0.05) is 0 Å². The highest BCUT2D eigenvalue weighted by Gasteiger charge is 2.46. The number of anilines is 1. The van der Waals surface area contributed by atoms with Crippen LogP contribution in [0.5, 0.6) is 0 Å². The maximum absolute atomic E-state index is 13.0. The zero-order valence-electron chi connectivity index (χ0n) is 22.3. The molecule has 3 aromatic rings. The van der Waals surface area contributed by atoms with Crippen molar-refractivity contribution in [2.45, 2.75) is 38.1 Å². The van der Waals surface area contributed by atoms with E-state index in [2.05, 4.69) is 31.2 Å². The third kappa shape index (κ3) is 4.72. The maximum Gasteiger partial charge on any atom is 0.264 e. The summed E-state index contributed by atoms with van der Waals surface area (Å²) in [7, 11) is 0. The number of likely N-dealkylation sites (tertiary alicyclic amines) is 1. The second-order valence-corrected chi connectivity index (χ2v) is 11.1. The van der Waals surface area contributed by atoms with Gasteiger partial charge in [0.15, 0.2) is 0 Å². The minimum Gasteiger partial charge on any atom is -0.364 e. The molecule has 0 spiro atoms. The summed E-state index contributed by atoms with van der Waals surface area (Å²) in [5, 5.41) is 2.94. The van der Waals surface area contributed by atoms with Crippen molar-refractivity contribution in [1.82, 2.24) is 14.9 Å². The van der Waals surface area contributed by atoms with Gasteiger partial charge in [-0.2, -0.15) is 10.8 Å². The highest BCUT2D eigenvalue weighted by molar-refractivity contribution is 6.05. The SMILES string of the molecule is N[N+]12C=CN=CC1=C(C1CCCN(Cc3ccc[nH]3)C1)N=C2c1ccc(C(=O)Nc2cc(C3CC3)ccn2)cc1. The highest BCUT2D eigenvalue weighted by atomic mass is 16.1. The number of nitrogens with two attached hydrogens (primary N) is 1. The van der Waals surface area contributed by atoms with Crippen molar-refractivity contribution in [2.75, 3.05) is 18.4 Å². The van der Waals surface area contributed by atoms with E-state index in [0.29, 0.717) is 17.3 Å². The molecule has 3 aliphatic heterocycles. The van der Waals surface area contributed by atoms with Crippen LogP contribution in [0.4, 0.5) is 5.82 Å². The van der Waals surface area contributed by atoms with Crippen molar-refractivity contribution in [1.29, 1.82) is 0 Å². The summed E-state index contributed by atoms with van der Waals surface area (Å²) in [5.74, 6) is 8.98. The highest BCUT2D eigenvalue weighted by Crippen LogP contribution is 2.40. The van der Waals surface area contributed by atoms with Crippen LogP contribution in [0.1, 0.15) is 58.8 Å².